The number of carbonyl (C=O) groups is 1. The highest BCUT2D eigenvalue weighted by atomic mass is 16.6. The van der Waals surface area contributed by atoms with E-state index in [0.29, 0.717) is 19.0 Å². The minimum absolute atomic E-state index is 0.0780. The molecule has 0 aromatic carbocycles. The zero-order chi connectivity index (χ0) is 12.4. The second-order valence-electron chi connectivity index (χ2n) is 4.18. The third-order valence-electron chi connectivity index (χ3n) is 2.39. The van der Waals surface area contributed by atoms with Crippen LogP contribution in [0.5, 0.6) is 5.75 Å². The molecule has 2 rings (SSSR count). The summed E-state index contributed by atoms with van der Waals surface area (Å²) in [6.07, 6.45) is 1.32. The fourth-order valence-corrected chi connectivity index (χ4v) is 1.36. The molecule has 1 aliphatic heterocycles. The van der Waals surface area contributed by atoms with Gasteiger partial charge in [0.2, 0.25) is 0 Å². The zero-order valence-electron chi connectivity index (χ0n) is 9.71. The molecule has 1 aromatic rings. The first-order valence-electron chi connectivity index (χ1n) is 5.42. The number of hydrogen-bond donors (Lipinski definition) is 1. The molecular weight excluding hydrogens is 224 g/mol. The molecule has 6 nitrogen and oxygen atoms in total. The number of aromatic nitrogens is 2. The number of carboxylic acid groups (broad SMARTS) is 1. The Balaban J connectivity index is 2.26. The van der Waals surface area contributed by atoms with Crippen LogP contribution >= 0.6 is 0 Å². The van der Waals surface area contributed by atoms with E-state index < -0.39 is 5.97 Å². The Hall–Kier alpha value is -1.69. The van der Waals surface area contributed by atoms with Crippen LogP contribution in [0.3, 0.4) is 0 Å². The van der Waals surface area contributed by atoms with Gasteiger partial charge in [-0.15, -0.1) is 0 Å². The molecule has 2 heterocycles. The van der Waals surface area contributed by atoms with Crippen molar-refractivity contribution in [2.45, 2.75) is 25.9 Å². The van der Waals surface area contributed by atoms with Crippen LogP contribution in [0.2, 0.25) is 0 Å². The van der Waals surface area contributed by atoms with E-state index in [2.05, 4.69) is 9.97 Å². The van der Waals surface area contributed by atoms with Gasteiger partial charge in [-0.1, -0.05) is 13.8 Å². The van der Waals surface area contributed by atoms with Crippen LogP contribution in [0.15, 0.2) is 6.20 Å². The summed E-state index contributed by atoms with van der Waals surface area (Å²) in [5.41, 5.74) is -0.0874. The molecule has 0 bridgehead atoms. The van der Waals surface area contributed by atoms with Gasteiger partial charge in [0.1, 0.15) is 11.9 Å². The van der Waals surface area contributed by atoms with Crippen molar-refractivity contribution in [1.82, 2.24) is 9.97 Å². The summed E-state index contributed by atoms with van der Waals surface area (Å²) < 4.78 is 10.4. The van der Waals surface area contributed by atoms with E-state index in [-0.39, 0.29) is 23.5 Å². The van der Waals surface area contributed by atoms with E-state index in [1.807, 2.05) is 13.8 Å². The van der Waals surface area contributed by atoms with Crippen molar-refractivity contribution in [2.75, 3.05) is 13.2 Å². The first-order valence-corrected chi connectivity index (χ1v) is 5.42. The minimum atomic E-state index is -1.11. The normalized spacial score (nSPS) is 15.7. The maximum atomic E-state index is 11.1. The molecule has 92 valence electrons. The fraction of sp³-hybridized carbons (Fsp3) is 0.545. The maximum absolute atomic E-state index is 11.1. The van der Waals surface area contributed by atoms with Gasteiger partial charge in [-0.05, 0) is 0 Å². The van der Waals surface area contributed by atoms with Gasteiger partial charge in [0.05, 0.1) is 19.4 Å². The number of nitrogens with zero attached hydrogens (tertiary/aromatic N) is 2. The Kier molecular flexibility index (Phi) is 3.23. The second kappa shape index (κ2) is 4.67. The molecule has 0 unspecified atom stereocenters. The predicted molar refractivity (Wildman–Crippen MR) is 58.3 cm³/mol. The second-order valence-corrected chi connectivity index (χ2v) is 4.18. The van der Waals surface area contributed by atoms with Gasteiger partial charge in [0.15, 0.2) is 11.4 Å². The van der Waals surface area contributed by atoms with Gasteiger partial charge in [0.25, 0.3) is 0 Å². The van der Waals surface area contributed by atoms with E-state index in [1.165, 1.54) is 6.20 Å². The first kappa shape index (κ1) is 11.8. The Bertz CT molecular complexity index is 429. The molecule has 1 saturated heterocycles. The third kappa shape index (κ3) is 2.52. The molecule has 1 aliphatic rings. The average Bonchev–Trinajstić information content (AvgIpc) is 2.23. The van der Waals surface area contributed by atoms with Crippen molar-refractivity contribution in [1.29, 1.82) is 0 Å². The van der Waals surface area contributed by atoms with Crippen LogP contribution < -0.4 is 4.74 Å². The van der Waals surface area contributed by atoms with Crippen molar-refractivity contribution in [3.8, 4) is 5.75 Å². The van der Waals surface area contributed by atoms with E-state index in [4.69, 9.17) is 14.6 Å². The number of carboxylic acids is 1. The van der Waals surface area contributed by atoms with Crippen molar-refractivity contribution >= 4 is 5.97 Å². The lowest BCUT2D eigenvalue weighted by molar-refractivity contribution is -0.0802. The quantitative estimate of drug-likeness (QED) is 0.845. The van der Waals surface area contributed by atoms with Gasteiger partial charge >= 0.3 is 5.97 Å². The minimum Gasteiger partial charge on any atom is -0.481 e. The fourth-order valence-electron chi connectivity index (χ4n) is 1.36. The molecule has 0 radical (unpaired) electrons. The Morgan fingerprint density at radius 1 is 1.59 bits per heavy atom. The smallest absolute Gasteiger partial charge is 0.358 e. The summed E-state index contributed by atoms with van der Waals surface area (Å²) in [7, 11) is 0. The lowest BCUT2D eigenvalue weighted by Crippen LogP contribution is -2.39. The monoisotopic (exact) mass is 238 g/mol. The van der Waals surface area contributed by atoms with Crippen molar-refractivity contribution in [2.24, 2.45) is 0 Å². The van der Waals surface area contributed by atoms with E-state index in [1.54, 1.807) is 0 Å². The highest BCUT2D eigenvalue weighted by Gasteiger charge is 2.24. The summed E-state index contributed by atoms with van der Waals surface area (Å²) >= 11 is 0. The lowest BCUT2D eigenvalue weighted by atomic mass is 10.2. The number of rotatable bonds is 4. The van der Waals surface area contributed by atoms with Crippen LogP contribution in [0.4, 0.5) is 0 Å². The molecule has 1 aromatic heterocycles. The molecule has 0 amide bonds. The third-order valence-corrected chi connectivity index (χ3v) is 2.39. The van der Waals surface area contributed by atoms with Crippen LogP contribution in [0.1, 0.15) is 36.1 Å². The molecule has 0 atom stereocenters. The Morgan fingerprint density at radius 3 is 2.76 bits per heavy atom. The summed E-state index contributed by atoms with van der Waals surface area (Å²) in [5.74, 6) is -0.325. The van der Waals surface area contributed by atoms with Crippen molar-refractivity contribution in [3.05, 3.63) is 17.7 Å². The van der Waals surface area contributed by atoms with E-state index in [0.717, 1.165) is 0 Å². The number of aromatic carboxylic acids is 1. The topological polar surface area (TPSA) is 81.5 Å². The molecule has 17 heavy (non-hydrogen) atoms. The molecule has 1 N–H and O–H groups in total. The Morgan fingerprint density at radius 2 is 2.29 bits per heavy atom. The van der Waals surface area contributed by atoms with Crippen molar-refractivity contribution in [3.63, 3.8) is 0 Å². The highest BCUT2D eigenvalue weighted by molar-refractivity contribution is 5.88. The predicted octanol–water partition coefficient (Wildman–Crippen LogP) is 1.08. The molecule has 6 heteroatoms. The summed E-state index contributed by atoms with van der Waals surface area (Å²) in [5, 5.41) is 9.07. The maximum Gasteiger partial charge on any atom is 0.358 e. The molecule has 0 spiro atoms. The van der Waals surface area contributed by atoms with Crippen LogP contribution in [-0.2, 0) is 4.74 Å². The van der Waals surface area contributed by atoms with Crippen LogP contribution in [0, 0.1) is 0 Å². The zero-order valence-corrected chi connectivity index (χ0v) is 9.71. The van der Waals surface area contributed by atoms with E-state index in [9.17, 15) is 4.79 Å². The highest BCUT2D eigenvalue weighted by Crippen LogP contribution is 2.21. The van der Waals surface area contributed by atoms with Gasteiger partial charge in [-0.2, -0.15) is 0 Å². The average molecular weight is 238 g/mol. The molecular formula is C11H14N2O4. The van der Waals surface area contributed by atoms with Gasteiger partial charge in [-0.3, -0.25) is 0 Å². The summed E-state index contributed by atoms with van der Waals surface area (Å²) in [4.78, 5) is 19.2. The van der Waals surface area contributed by atoms with Crippen molar-refractivity contribution < 1.29 is 19.4 Å². The Labute approximate surface area is 98.6 Å². The van der Waals surface area contributed by atoms with Gasteiger partial charge < -0.3 is 14.6 Å². The lowest BCUT2D eigenvalue weighted by Gasteiger charge is -2.26. The summed E-state index contributed by atoms with van der Waals surface area (Å²) in [6.45, 7) is 4.76. The van der Waals surface area contributed by atoms with Crippen LogP contribution in [-0.4, -0.2) is 40.4 Å². The molecule has 1 fully saturated rings. The SMILES string of the molecule is CC(C)c1ncc(OC2COC2)c(C(=O)O)n1. The first-order chi connectivity index (χ1) is 8.08. The summed E-state index contributed by atoms with van der Waals surface area (Å²) in [6, 6.07) is 0. The number of hydrogen-bond acceptors (Lipinski definition) is 5. The largest absolute Gasteiger partial charge is 0.481 e. The van der Waals surface area contributed by atoms with Gasteiger partial charge in [0, 0.05) is 5.92 Å². The number of ether oxygens (including phenoxy) is 2. The molecule has 0 aliphatic carbocycles. The van der Waals surface area contributed by atoms with Crippen LogP contribution in [0.25, 0.3) is 0 Å². The van der Waals surface area contributed by atoms with Gasteiger partial charge in [-0.25, -0.2) is 14.8 Å². The van der Waals surface area contributed by atoms with E-state index >= 15 is 0 Å². The molecule has 0 saturated carbocycles. The standard InChI is InChI=1S/C11H14N2O4/c1-6(2)10-12-3-8(9(13-10)11(14)15)17-7-4-16-5-7/h3,6-7H,4-5H2,1-2H3,(H,14,15).